The number of carbonyl (C=O) groups excluding carboxylic acids is 1. The van der Waals surface area contributed by atoms with Crippen LogP contribution in [0.3, 0.4) is 0 Å². The second-order valence-corrected chi connectivity index (χ2v) is 6.89. The van der Waals surface area contributed by atoms with Gasteiger partial charge in [0.25, 0.3) is 5.91 Å². The normalized spacial score (nSPS) is 11.0. The molecule has 0 spiro atoms. The Morgan fingerprint density at radius 2 is 2.10 bits per heavy atom. The van der Waals surface area contributed by atoms with Crippen molar-refractivity contribution in [3.63, 3.8) is 0 Å². The highest BCUT2D eigenvalue weighted by Gasteiger charge is 2.21. The lowest BCUT2D eigenvalue weighted by molar-refractivity contribution is 0.102. The molecule has 1 amide bonds. The van der Waals surface area contributed by atoms with Crippen molar-refractivity contribution in [1.29, 1.82) is 5.26 Å². The molecule has 2 heterocycles. The molecule has 0 fully saturated rings. The predicted molar refractivity (Wildman–Crippen MR) is 84.7 cm³/mol. The van der Waals surface area contributed by atoms with Crippen LogP contribution in [0.15, 0.2) is 24.3 Å². The average Bonchev–Trinajstić information content (AvgIpc) is 2.81. The molecule has 0 aliphatic rings. The van der Waals surface area contributed by atoms with Gasteiger partial charge >= 0.3 is 0 Å². The summed E-state index contributed by atoms with van der Waals surface area (Å²) < 4.78 is 0. The van der Waals surface area contributed by atoms with Crippen molar-refractivity contribution in [3.05, 3.63) is 45.4 Å². The highest BCUT2D eigenvalue weighted by Crippen LogP contribution is 2.35. The summed E-state index contributed by atoms with van der Waals surface area (Å²) >= 11 is 1.41. The molecule has 0 saturated heterocycles. The topological polar surface area (TPSA) is 65.8 Å². The van der Waals surface area contributed by atoms with E-state index in [9.17, 15) is 10.1 Å². The molecule has 0 bridgehead atoms. The minimum atomic E-state index is -0.298. The fourth-order valence-corrected chi connectivity index (χ4v) is 2.76. The van der Waals surface area contributed by atoms with Crippen LogP contribution >= 0.6 is 11.3 Å². The summed E-state index contributed by atoms with van der Waals surface area (Å²) in [5, 5.41) is 12.0. The van der Waals surface area contributed by atoms with Gasteiger partial charge in [-0.15, -0.1) is 11.3 Å². The van der Waals surface area contributed by atoms with E-state index < -0.39 is 0 Å². The molecule has 0 atom stereocenters. The summed E-state index contributed by atoms with van der Waals surface area (Å²) in [5.41, 5.74) is 1.63. The number of pyridine rings is 1. The molecule has 5 heteroatoms. The van der Waals surface area contributed by atoms with Crippen LogP contribution in [0.5, 0.6) is 0 Å². The molecule has 2 rings (SSSR count). The maximum Gasteiger partial charge on any atom is 0.274 e. The van der Waals surface area contributed by atoms with Gasteiger partial charge in [-0.2, -0.15) is 5.26 Å². The number of nitrogens with one attached hydrogen (secondary N) is 1. The molecule has 21 heavy (non-hydrogen) atoms. The quantitative estimate of drug-likeness (QED) is 0.915. The van der Waals surface area contributed by atoms with Crippen molar-refractivity contribution in [3.8, 4) is 6.07 Å². The molecule has 1 N–H and O–H groups in total. The predicted octanol–water partition coefficient (Wildman–Crippen LogP) is 3.87. The number of aromatic nitrogens is 1. The highest BCUT2D eigenvalue weighted by atomic mass is 32.1. The van der Waals surface area contributed by atoms with Crippen LogP contribution in [0, 0.1) is 18.3 Å². The summed E-state index contributed by atoms with van der Waals surface area (Å²) in [4.78, 5) is 18.0. The van der Waals surface area contributed by atoms with E-state index in [-0.39, 0.29) is 11.3 Å². The number of amides is 1. The molecule has 2 aromatic rings. The largest absolute Gasteiger partial charge is 0.319 e. The average molecular weight is 299 g/mol. The van der Waals surface area contributed by atoms with Crippen molar-refractivity contribution >= 4 is 22.9 Å². The molecule has 0 aliphatic heterocycles. The van der Waals surface area contributed by atoms with E-state index in [1.807, 2.05) is 19.1 Å². The lowest BCUT2D eigenvalue weighted by Crippen LogP contribution is -2.14. The zero-order chi connectivity index (χ0) is 15.6. The van der Waals surface area contributed by atoms with Crippen LogP contribution in [0.2, 0.25) is 0 Å². The van der Waals surface area contributed by atoms with E-state index in [4.69, 9.17) is 0 Å². The summed E-state index contributed by atoms with van der Waals surface area (Å²) in [6, 6.07) is 9.29. The number of anilines is 1. The van der Waals surface area contributed by atoms with Crippen molar-refractivity contribution in [2.75, 3.05) is 5.32 Å². The Hall–Kier alpha value is -2.19. The molecule has 4 nitrogen and oxygen atoms in total. The zero-order valence-electron chi connectivity index (χ0n) is 12.5. The zero-order valence-corrected chi connectivity index (χ0v) is 13.3. The van der Waals surface area contributed by atoms with E-state index in [1.54, 1.807) is 12.1 Å². The molecule has 108 valence electrons. The van der Waals surface area contributed by atoms with Crippen LogP contribution in [0.4, 0.5) is 5.69 Å². The summed E-state index contributed by atoms with van der Waals surface area (Å²) in [6.45, 7) is 8.06. The van der Waals surface area contributed by atoms with E-state index in [0.717, 1.165) is 10.6 Å². The molecule has 0 radical (unpaired) electrons. The first-order chi connectivity index (χ1) is 9.81. The molecule has 0 saturated carbocycles. The Morgan fingerprint density at radius 3 is 2.67 bits per heavy atom. The number of aryl methyl sites for hydroxylation is 1. The number of nitriles is 1. The summed E-state index contributed by atoms with van der Waals surface area (Å²) in [6.07, 6.45) is 0. The molecular weight excluding hydrogens is 282 g/mol. The smallest absolute Gasteiger partial charge is 0.274 e. The Morgan fingerprint density at radius 1 is 1.38 bits per heavy atom. The van der Waals surface area contributed by atoms with Crippen molar-refractivity contribution in [2.45, 2.75) is 33.1 Å². The SMILES string of the molecule is Cc1cccc(C(=O)Nc2cc(C(C)(C)C)sc2C#N)n1. The lowest BCUT2D eigenvalue weighted by atomic mass is 9.94. The summed E-state index contributed by atoms with van der Waals surface area (Å²) in [5.74, 6) is -0.298. The number of carbonyl (C=O) groups is 1. The Kier molecular flexibility index (Phi) is 4.10. The fourth-order valence-electron chi connectivity index (χ4n) is 1.79. The number of hydrogen-bond donors (Lipinski definition) is 1. The third-order valence-corrected chi connectivity index (χ3v) is 4.41. The number of thiophene rings is 1. The van der Waals surface area contributed by atoms with E-state index in [2.05, 4.69) is 37.1 Å². The van der Waals surface area contributed by atoms with Crippen molar-refractivity contribution < 1.29 is 4.79 Å². The van der Waals surface area contributed by atoms with Crippen LogP contribution < -0.4 is 5.32 Å². The van der Waals surface area contributed by atoms with Crippen LogP contribution in [-0.2, 0) is 5.41 Å². The first-order valence-corrected chi connectivity index (χ1v) is 7.42. The molecule has 0 aliphatic carbocycles. The van der Waals surface area contributed by atoms with Crippen LogP contribution in [0.1, 0.15) is 46.7 Å². The van der Waals surface area contributed by atoms with Gasteiger partial charge in [0.1, 0.15) is 16.6 Å². The van der Waals surface area contributed by atoms with Crippen LogP contribution in [-0.4, -0.2) is 10.9 Å². The third kappa shape index (κ3) is 3.47. The van der Waals surface area contributed by atoms with Gasteiger partial charge in [0.05, 0.1) is 5.69 Å². The van der Waals surface area contributed by atoms with Gasteiger partial charge < -0.3 is 5.32 Å². The Bertz CT molecular complexity index is 720. The van der Waals surface area contributed by atoms with Gasteiger partial charge in [-0.3, -0.25) is 4.79 Å². The van der Waals surface area contributed by atoms with Crippen molar-refractivity contribution in [2.24, 2.45) is 0 Å². The standard InChI is InChI=1S/C16H17N3OS/c1-10-6-5-7-11(18-10)15(20)19-12-8-14(16(2,3)4)21-13(12)9-17/h5-8H,1-4H3,(H,19,20). The molecule has 2 aromatic heterocycles. The van der Waals surface area contributed by atoms with E-state index in [1.165, 1.54) is 11.3 Å². The first kappa shape index (κ1) is 15.2. The second kappa shape index (κ2) is 5.66. The Balaban J connectivity index is 2.29. The second-order valence-electron chi connectivity index (χ2n) is 5.83. The number of nitrogens with zero attached hydrogens (tertiary/aromatic N) is 2. The number of rotatable bonds is 2. The highest BCUT2D eigenvalue weighted by molar-refractivity contribution is 7.13. The third-order valence-electron chi connectivity index (χ3n) is 2.94. The number of hydrogen-bond acceptors (Lipinski definition) is 4. The summed E-state index contributed by atoms with van der Waals surface area (Å²) in [7, 11) is 0. The molecular formula is C16H17N3OS. The van der Waals surface area contributed by atoms with Gasteiger partial charge in [-0.25, -0.2) is 4.98 Å². The van der Waals surface area contributed by atoms with Crippen molar-refractivity contribution in [1.82, 2.24) is 4.98 Å². The fraction of sp³-hybridized carbons (Fsp3) is 0.312. The van der Waals surface area contributed by atoms with Gasteiger partial charge in [0.15, 0.2) is 0 Å². The molecule has 0 unspecified atom stereocenters. The van der Waals surface area contributed by atoms with Gasteiger partial charge in [-0.05, 0) is 30.5 Å². The van der Waals surface area contributed by atoms with E-state index in [0.29, 0.717) is 16.3 Å². The maximum absolute atomic E-state index is 12.2. The van der Waals surface area contributed by atoms with Gasteiger partial charge in [-0.1, -0.05) is 26.8 Å². The lowest BCUT2D eigenvalue weighted by Gasteiger charge is -2.15. The Labute approximate surface area is 128 Å². The minimum Gasteiger partial charge on any atom is -0.319 e. The maximum atomic E-state index is 12.2. The minimum absolute atomic E-state index is 0.0547. The van der Waals surface area contributed by atoms with E-state index >= 15 is 0 Å². The monoisotopic (exact) mass is 299 g/mol. The van der Waals surface area contributed by atoms with Crippen LogP contribution in [0.25, 0.3) is 0 Å². The van der Waals surface area contributed by atoms with Gasteiger partial charge in [0, 0.05) is 10.6 Å². The first-order valence-electron chi connectivity index (χ1n) is 6.60. The van der Waals surface area contributed by atoms with Gasteiger partial charge in [0.2, 0.25) is 0 Å². The molecule has 0 aromatic carbocycles.